The molecule has 1 aliphatic heterocycles. The van der Waals surface area contributed by atoms with Crippen molar-refractivity contribution in [3.63, 3.8) is 0 Å². The molecule has 0 spiro atoms. The minimum Gasteiger partial charge on any atom is -0.493 e. The summed E-state index contributed by atoms with van der Waals surface area (Å²) in [6.07, 6.45) is 2.51. The third kappa shape index (κ3) is 4.90. The zero-order valence-electron chi connectivity index (χ0n) is 17.5. The lowest BCUT2D eigenvalue weighted by Crippen LogP contribution is -2.42. The van der Waals surface area contributed by atoms with Crippen molar-refractivity contribution in [2.24, 2.45) is 0 Å². The molecule has 166 valence electrons. The van der Waals surface area contributed by atoms with Crippen LogP contribution in [0.2, 0.25) is 0 Å². The quantitative estimate of drug-likeness (QED) is 0.631. The average Bonchev–Trinajstić information content (AvgIpc) is 3.48. The molecule has 0 unspecified atom stereocenters. The van der Waals surface area contributed by atoms with Crippen LogP contribution in [0, 0.1) is 0 Å². The first-order valence-corrected chi connectivity index (χ1v) is 9.59. The van der Waals surface area contributed by atoms with E-state index in [1.165, 1.54) is 38.6 Å². The summed E-state index contributed by atoms with van der Waals surface area (Å²) < 4.78 is 26.0. The molecule has 1 N–H and O–H groups in total. The number of anilines is 1. The third-order valence-corrected chi connectivity index (χ3v) is 4.81. The number of rotatable bonds is 8. The van der Waals surface area contributed by atoms with Crippen molar-refractivity contribution in [1.29, 1.82) is 0 Å². The standard InChI is InChI=1S/C21H24N2O8/c1-27-16-10-13(11-17(28-2)19(16)29-3)22-18(24)12-31-21(26)14-6-4-8-23(14)20(25)15-7-5-9-30-15/h5,7,9-11,14H,4,6,8,12H2,1-3H3,(H,22,24)/t14-/m0/s1. The van der Waals surface area contributed by atoms with Gasteiger partial charge in [-0.2, -0.15) is 0 Å². The highest BCUT2D eigenvalue weighted by Gasteiger charge is 2.36. The number of carbonyl (C=O) groups is 3. The summed E-state index contributed by atoms with van der Waals surface area (Å²) in [5.41, 5.74) is 0.381. The summed E-state index contributed by atoms with van der Waals surface area (Å²) in [6, 6.07) is 5.49. The van der Waals surface area contributed by atoms with Gasteiger partial charge in [0.1, 0.15) is 6.04 Å². The molecule has 1 aromatic heterocycles. The minimum absolute atomic E-state index is 0.153. The molecule has 1 aliphatic rings. The van der Waals surface area contributed by atoms with Crippen molar-refractivity contribution in [3.05, 3.63) is 36.3 Å². The molecule has 31 heavy (non-hydrogen) atoms. The van der Waals surface area contributed by atoms with E-state index < -0.39 is 24.5 Å². The summed E-state index contributed by atoms with van der Waals surface area (Å²) in [7, 11) is 4.39. The Morgan fingerprint density at radius 3 is 2.42 bits per heavy atom. The first-order chi connectivity index (χ1) is 15.0. The van der Waals surface area contributed by atoms with Crippen LogP contribution >= 0.6 is 0 Å². The number of nitrogens with zero attached hydrogens (tertiary/aromatic N) is 1. The van der Waals surface area contributed by atoms with E-state index >= 15 is 0 Å². The fourth-order valence-electron chi connectivity index (χ4n) is 3.38. The van der Waals surface area contributed by atoms with Crippen LogP contribution < -0.4 is 19.5 Å². The van der Waals surface area contributed by atoms with Gasteiger partial charge >= 0.3 is 5.97 Å². The zero-order chi connectivity index (χ0) is 22.4. The number of carbonyl (C=O) groups excluding carboxylic acids is 3. The smallest absolute Gasteiger partial charge is 0.329 e. The lowest BCUT2D eigenvalue weighted by Gasteiger charge is -2.22. The van der Waals surface area contributed by atoms with E-state index in [9.17, 15) is 14.4 Å². The van der Waals surface area contributed by atoms with Gasteiger partial charge in [0.15, 0.2) is 23.9 Å². The van der Waals surface area contributed by atoms with Crippen LogP contribution in [-0.4, -0.2) is 63.2 Å². The molecular weight excluding hydrogens is 408 g/mol. The zero-order valence-corrected chi connectivity index (χ0v) is 17.5. The van der Waals surface area contributed by atoms with Crippen molar-refractivity contribution < 1.29 is 37.7 Å². The Hall–Kier alpha value is -3.69. The number of likely N-dealkylation sites (tertiary alicyclic amines) is 1. The first kappa shape index (κ1) is 22.0. The van der Waals surface area contributed by atoms with Crippen LogP contribution in [0.1, 0.15) is 23.4 Å². The molecule has 1 fully saturated rings. The Morgan fingerprint density at radius 1 is 1.13 bits per heavy atom. The predicted molar refractivity (Wildman–Crippen MR) is 108 cm³/mol. The maximum Gasteiger partial charge on any atom is 0.329 e. The van der Waals surface area contributed by atoms with Gasteiger partial charge in [0.05, 0.1) is 27.6 Å². The second-order valence-corrected chi connectivity index (χ2v) is 6.70. The van der Waals surface area contributed by atoms with Crippen molar-refractivity contribution >= 4 is 23.5 Å². The molecular formula is C21H24N2O8. The van der Waals surface area contributed by atoms with Gasteiger partial charge in [-0.1, -0.05) is 0 Å². The highest BCUT2D eigenvalue weighted by atomic mass is 16.5. The fourth-order valence-corrected chi connectivity index (χ4v) is 3.38. The van der Waals surface area contributed by atoms with Gasteiger partial charge in [0.25, 0.3) is 11.8 Å². The minimum atomic E-state index is -0.758. The van der Waals surface area contributed by atoms with Crippen LogP contribution in [0.25, 0.3) is 0 Å². The molecule has 10 heteroatoms. The van der Waals surface area contributed by atoms with Crippen LogP contribution in [0.4, 0.5) is 5.69 Å². The van der Waals surface area contributed by atoms with E-state index in [0.29, 0.717) is 42.3 Å². The number of methoxy groups -OCH3 is 3. The molecule has 0 saturated carbocycles. The molecule has 0 radical (unpaired) electrons. The highest BCUT2D eigenvalue weighted by molar-refractivity contribution is 5.96. The van der Waals surface area contributed by atoms with Crippen LogP contribution in [0.5, 0.6) is 17.2 Å². The van der Waals surface area contributed by atoms with Gasteiger partial charge in [-0.3, -0.25) is 9.59 Å². The van der Waals surface area contributed by atoms with E-state index in [1.54, 1.807) is 18.2 Å². The van der Waals surface area contributed by atoms with Crippen LogP contribution in [-0.2, 0) is 14.3 Å². The molecule has 10 nitrogen and oxygen atoms in total. The lowest BCUT2D eigenvalue weighted by molar-refractivity contribution is -0.151. The maximum absolute atomic E-state index is 12.5. The van der Waals surface area contributed by atoms with E-state index in [-0.39, 0.29) is 11.7 Å². The molecule has 2 aromatic rings. The Kier molecular flexibility index (Phi) is 7.01. The number of nitrogens with one attached hydrogen (secondary N) is 1. The molecule has 3 rings (SSSR count). The Labute approximate surface area is 179 Å². The number of ether oxygens (including phenoxy) is 4. The summed E-state index contributed by atoms with van der Waals surface area (Å²) in [4.78, 5) is 38.7. The van der Waals surface area contributed by atoms with Gasteiger partial charge in [-0.05, 0) is 25.0 Å². The summed E-state index contributed by atoms with van der Waals surface area (Å²) in [5, 5.41) is 2.62. The second-order valence-electron chi connectivity index (χ2n) is 6.70. The van der Waals surface area contributed by atoms with Crippen LogP contribution in [0.15, 0.2) is 34.9 Å². The number of benzene rings is 1. The number of esters is 1. The van der Waals surface area contributed by atoms with Crippen molar-refractivity contribution in [3.8, 4) is 17.2 Å². The fraction of sp³-hybridized carbons (Fsp3) is 0.381. The monoisotopic (exact) mass is 432 g/mol. The number of hydrogen-bond donors (Lipinski definition) is 1. The van der Waals surface area contributed by atoms with Gasteiger partial charge in [-0.25, -0.2) is 4.79 Å². The van der Waals surface area contributed by atoms with E-state index in [1.807, 2.05) is 0 Å². The third-order valence-electron chi connectivity index (χ3n) is 4.81. The van der Waals surface area contributed by atoms with Gasteiger partial charge < -0.3 is 33.6 Å². The van der Waals surface area contributed by atoms with Crippen molar-refractivity contribution in [1.82, 2.24) is 4.90 Å². The first-order valence-electron chi connectivity index (χ1n) is 9.59. The molecule has 0 bridgehead atoms. The van der Waals surface area contributed by atoms with Gasteiger partial charge in [0, 0.05) is 24.4 Å². The van der Waals surface area contributed by atoms with Crippen molar-refractivity contribution in [2.45, 2.75) is 18.9 Å². The van der Waals surface area contributed by atoms with E-state index in [2.05, 4.69) is 5.32 Å². The normalized spacial score (nSPS) is 15.3. The Morgan fingerprint density at radius 2 is 1.84 bits per heavy atom. The molecule has 2 amide bonds. The molecule has 1 atom stereocenters. The number of furan rings is 1. The highest BCUT2D eigenvalue weighted by Crippen LogP contribution is 2.39. The SMILES string of the molecule is COc1cc(NC(=O)COC(=O)[C@@H]2CCCN2C(=O)c2ccco2)cc(OC)c1OC. The van der Waals surface area contributed by atoms with E-state index in [0.717, 1.165) is 0 Å². The lowest BCUT2D eigenvalue weighted by atomic mass is 10.2. The average molecular weight is 432 g/mol. The molecule has 2 heterocycles. The maximum atomic E-state index is 12.5. The summed E-state index contributed by atoms with van der Waals surface area (Å²) in [6.45, 7) is -0.0916. The number of amides is 2. The predicted octanol–water partition coefficient (Wildman–Crippen LogP) is 2.09. The Balaban J connectivity index is 1.59. The largest absolute Gasteiger partial charge is 0.493 e. The molecule has 1 aromatic carbocycles. The summed E-state index contributed by atoms with van der Waals surface area (Å²) in [5.74, 6) is -0.301. The molecule has 0 aliphatic carbocycles. The number of hydrogen-bond acceptors (Lipinski definition) is 8. The topological polar surface area (TPSA) is 117 Å². The van der Waals surface area contributed by atoms with Gasteiger partial charge in [0.2, 0.25) is 5.75 Å². The molecule has 1 saturated heterocycles. The summed E-state index contributed by atoms with van der Waals surface area (Å²) >= 11 is 0. The van der Waals surface area contributed by atoms with E-state index in [4.69, 9.17) is 23.4 Å². The van der Waals surface area contributed by atoms with Gasteiger partial charge in [-0.15, -0.1) is 0 Å². The Bertz CT molecular complexity index is 916. The van der Waals surface area contributed by atoms with Crippen molar-refractivity contribution in [2.75, 3.05) is 39.8 Å². The van der Waals surface area contributed by atoms with Crippen LogP contribution in [0.3, 0.4) is 0 Å². The second kappa shape index (κ2) is 9.88.